The van der Waals surface area contributed by atoms with Crippen LogP contribution in [0.15, 0.2) is 164 Å². The Bertz CT molecular complexity index is 3210. The second kappa shape index (κ2) is 11.0. The molecule has 4 heteroatoms. The lowest BCUT2D eigenvalue weighted by Gasteiger charge is -2.14. The maximum absolute atomic E-state index is 5.41. The molecule has 0 N–H and O–H groups in total. The first kappa shape index (κ1) is 28.4. The number of fused-ring (bicyclic) bond motifs is 11. The maximum Gasteiger partial charge on any atom is 0.164 e. The van der Waals surface area contributed by atoms with E-state index in [2.05, 4.69) is 164 Å². The zero-order chi connectivity index (χ0) is 33.5. The van der Waals surface area contributed by atoms with Gasteiger partial charge < -0.3 is 0 Å². The molecule has 9 aromatic carbocycles. The molecule has 0 unspecified atom stereocenters. The smallest absolute Gasteiger partial charge is 0.164 e. The standard InChI is InChI=1S/C47H27N3S/c1-2-13-30-25-33(24-21-28(30)11-1)45-48-46(39-26-31-14-4-5-15-34(31)36-17-7-8-18-37(36)39)50-47(49-45)40-27-32-23-22-29-12-3-6-16-35(29)42(32)44-43(40)38-19-9-10-20-41(38)51-44/h1-27H. The average molecular weight is 666 g/mol. The zero-order valence-corrected chi connectivity index (χ0v) is 28.2. The van der Waals surface area contributed by atoms with E-state index in [0.717, 1.165) is 32.8 Å². The number of nitrogens with zero attached hydrogens (tertiary/aromatic N) is 3. The molecule has 2 aromatic heterocycles. The minimum Gasteiger partial charge on any atom is -0.208 e. The Kier molecular flexibility index (Phi) is 6.12. The van der Waals surface area contributed by atoms with Crippen molar-refractivity contribution in [3.05, 3.63) is 164 Å². The van der Waals surface area contributed by atoms with Crippen molar-refractivity contribution >= 4 is 85.4 Å². The lowest BCUT2D eigenvalue weighted by Crippen LogP contribution is -2.01. The molecule has 11 aromatic rings. The summed E-state index contributed by atoms with van der Waals surface area (Å²) in [6, 6.07) is 58.5. The van der Waals surface area contributed by atoms with Crippen LogP contribution in [-0.4, -0.2) is 15.0 Å². The van der Waals surface area contributed by atoms with Crippen LogP contribution in [0.2, 0.25) is 0 Å². The maximum atomic E-state index is 5.41. The molecule has 0 aliphatic carbocycles. The van der Waals surface area contributed by atoms with E-state index >= 15 is 0 Å². The van der Waals surface area contributed by atoms with Crippen LogP contribution in [0.25, 0.3) is 108 Å². The van der Waals surface area contributed by atoms with E-state index in [1.165, 1.54) is 57.9 Å². The highest BCUT2D eigenvalue weighted by molar-refractivity contribution is 7.27. The highest BCUT2D eigenvalue weighted by Gasteiger charge is 2.21. The lowest BCUT2D eigenvalue weighted by molar-refractivity contribution is 1.08. The van der Waals surface area contributed by atoms with E-state index in [4.69, 9.17) is 15.0 Å². The number of thiophene rings is 1. The van der Waals surface area contributed by atoms with Crippen molar-refractivity contribution in [1.29, 1.82) is 0 Å². The first-order valence-electron chi connectivity index (χ1n) is 17.2. The van der Waals surface area contributed by atoms with Gasteiger partial charge in [0.1, 0.15) is 0 Å². The molecule has 0 saturated heterocycles. The van der Waals surface area contributed by atoms with Crippen LogP contribution < -0.4 is 0 Å². The monoisotopic (exact) mass is 665 g/mol. The second-order valence-electron chi connectivity index (χ2n) is 13.2. The van der Waals surface area contributed by atoms with Gasteiger partial charge in [0.2, 0.25) is 0 Å². The molecule has 0 atom stereocenters. The summed E-state index contributed by atoms with van der Waals surface area (Å²) in [6.07, 6.45) is 0. The molecule has 0 bridgehead atoms. The Hall–Kier alpha value is -6.49. The summed E-state index contributed by atoms with van der Waals surface area (Å²) in [6.45, 7) is 0. The van der Waals surface area contributed by atoms with Crippen LogP contribution in [0.1, 0.15) is 0 Å². The lowest BCUT2D eigenvalue weighted by atomic mass is 9.95. The van der Waals surface area contributed by atoms with Gasteiger partial charge in [0.25, 0.3) is 0 Å². The highest BCUT2D eigenvalue weighted by Crippen LogP contribution is 2.46. The molecule has 0 radical (unpaired) electrons. The first-order chi connectivity index (χ1) is 25.3. The summed E-state index contributed by atoms with van der Waals surface area (Å²) < 4.78 is 2.50. The Labute approximate surface area is 297 Å². The molecule has 0 saturated carbocycles. The fourth-order valence-corrected chi connectivity index (χ4v) is 9.17. The summed E-state index contributed by atoms with van der Waals surface area (Å²) in [5.41, 5.74) is 2.97. The van der Waals surface area contributed by atoms with Crippen molar-refractivity contribution in [1.82, 2.24) is 15.0 Å². The van der Waals surface area contributed by atoms with Gasteiger partial charge in [-0.1, -0.05) is 140 Å². The summed E-state index contributed by atoms with van der Waals surface area (Å²) in [4.78, 5) is 16.0. The van der Waals surface area contributed by atoms with Crippen LogP contribution in [-0.2, 0) is 0 Å². The number of aromatic nitrogens is 3. The van der Waals surface area contributed by atoms with Gasteiger partial charge in [-0.15, -0.1) is 11.3 Å². The van der Waals surface area contributed by atoms with E-state index < -0.39 is 0 Å². The van der Waals surface area contributed by atoms with Gasteiger partial charge in [0, 0.05) is 42.2 Å². The third kappa shape index (κ3) is 4.40. The molecule has 0 aliphatic heterocycles. The molecular formula is C47H27N3S. The van der Waals surface area contributed by atoms with Gasteiger partial charge in [0.15, 0.2) is 17.5 Å². The van der Waals surface area contributed by atoms with Gasteiger partial charge in [-0.05, 0) is 72.7 Å². The molecule has 0 amide bonds. The molecule has 11 rings (SSSR count). The molecular weight excluding hydrogens is 639 g/mol. The van der Waals surface area contributed by atoms with Crippen molar-refractivity contribution in [2.45, 2.75) is 0 Å². The molecule has 0 fully saturated rings. The van der Waals surface area contributed by atoms with E-state index in [0.29, 0.717) is 17.5 Å². The quantitative estimate of drug-likeness (QED) is 0.176. The normalized spacial score (nSPS) is 11.9. The summed E-state index contributed by atoms with van der Waals surface area (Å²) >= 11 is 1.85. The topological polar surface area (TPSA) is 38.7 Å². The number of hydrogen-bond donors (Lipinski definition) is 0. The Balaban J connectivity index is 1.27. The predicted octanol–water partition coefficient (Wildman–Crippen LogP) is 13.0. The summed E-state index contributed by atoms with van der Waals surface area (Å²) in [5, 5.41) is 14.4. The fourth-order valence-electron chi connectivity index (χ4n) is 7.87. The third-order valence-electron chi connectivity index (χ3n) is 10.2. The molecule has 51 heavy (non-hydrogen) atoms. The Morgan fingerprint density at radius 1 is 0.333 bits per heavy atom. The van der Waals surface area contributed by atoms with E-state index in [-0.39, 0.29) is 0 Å². The van der Waals surface area contributed by atoms with Gasteiger partial charge in [-0.2, -0.15) is 0 Å². The SMILES string of the molecule is c1ccc2cc(-c3nc(-c4cc5ccccc5c5ccccc45)nc(-c4cc5ccc6ccccc6c5c5sc6ccccc6c45)n3)ccc2c1. The van der Waals surface area contributed by atoms with Gasteiger partial charge in [-0.3, -0.25) is 0 Å². The van der Waals surface area contributed by atoms with Crippen molar-refractivity contribution in [2.75, 3.05) is 0 Å². The van der Waals surface area contributed by atoms with Crippen molar-refractivity contribution in [3.8, 4) is 34.2 Å². The molecule has 3 nitrogen and oxygen atoms in total. The van der Waals surface area contributed by atoms with Gasteiger partial charge in [0.05, 0.1) is 0 Å². The Morgan fingerprint density at radius 3 is 1.75 bits per heavy atom. The van der Waals surface area contributed by atoms with E-state index in [9.17, 15) is 0 Å². The molecule has 236 valence electrons. The van der Waals surface area contributed by atoms with Crippen LogP contribution in [0.5, 0.6) is 0 Å². The number of hydrogen-bond acceptors (Lipinski definition) is 4. The molecule has 2 heterocycles. The van der Waals surface area contributed by atoms with Crippen LogP contribution in [0, 0.1) is 0 Å². The van der Waals surface area contributed by atoms with E-state index in [1.54, 1.807) is 0 Å². The molecule has 0 aliphatic rings. The highest BCUT2D eigenvalue weighted by atomic mass is 32.1. The minimum atomic E-state index is 0.657. The average Bonchev–Trinajstić information content (AvgIpc) is 3.59. The second-order valence-corrected chi connectivity index (χ2v) is 14.2. The van der Waals surface area contributed by atoms with Crippen LogP contribution in [0.4, 0.5) is 0 Å². The Morgan fingerprint density at radius 2 is 0.902 bits per heavy atom. The zero-order valence-electron chi connectivity index (χ0n) is 27.3. The molecule has 0 spiro atoms. The van der Waals surface area contributed by atoms with Crippen LogP contribution in [0.3, 0.4) is 0 Å². The summed E-state index contributed by atoms with van der Waals surface area (Å²) in [5.74, 6) is 1.99. The van der Waals surface area contributed by atoms with Gasteiger partial charge >= 0.3 is 0 Å². The van der Waals surface area contributed by atoms with Gasteiger partial charge in [-0.25, -0.2) is 15.0 Å². The number of benzene rings is 9. The first-order valence-corrected chi connectivity index (χ1v) is 18.0. The predicted molar refractivity (Wildman–Crippen MR) is 217 cm³/mol. The van der Waals surface area contributed by atoms with Crippen molar-refractivity contribution in [3.63, 3.8) is 0 Å². The van der Waals surface area contributed by atoms with Crippen molar-refractivity contribution in [2.24, 2.45) is 0 Å². The van der Waals surface area contributed by atoms with Crippen molar-refractivity contribution < 1.29 is 0 Å². The summed E-state index contributed by atoms with van der Waals surface area (Å²) in [7, 11) is 0. The minimum absolute atomic E-state index is 0.657. The third-order valence-corrected chi connectivity index (χ3v) is 11.4. The van der Waals surface area contributed by atoms with Crippen LogP contribution >= 0.6 is 11.3 Å². The number of rotatable bonds is 3. The largest absolute Gasteiger partial charge is 0.208 e. The fraction of sp³-hybridized carbons (Fsp3) is 0. The van der Waals surface area contributed by atoms with E-state index in [1.807, 2.05) is 11.3 Å².